The van der Waals surface area contributed by atoms with Crippen LogP contribution in [0, 0.1) is 5.82 Å². The Morgan fingerprint density at radius 2 is 1.88 bits per heavy atom. The van der Waals surface area contributed by atoms with E-state index in [0.717, 1.165) is 4.90 Å². The van der Waals surface area contributed by atoms with Crippen molar-refractivity contribution in [2.45, 2.75) is 6.42 Å². The molecule has 0 fully saturated rings. The van der Waals surface area contributed by atoms with Gasteiger partial charge in [-0.1, -0.05) is 29.8 Å². The smallest absolute Gasteiger partial charge is 0.263 e. The van der Waals surface area contributed by atoms with Crippen LogP contribution >= 0.6 is 11.6 Å². The fraction of sp³-hybridized carbons (Fsp3) is 0.167. The molecule has 2 aromatic carbocycles. The summed E-state index contributed by atoms with van der Waals surface area (Å²) in [4.78, 5) is 37.5. The summed E-state index contributed by atoms with van der Waals surface area (Å²) in [5.41, 5.74) is 1.01. The molecule has 0 saturated heterocycles. The summed E-state index contributed by atoms with van der Waals surface area (Å²) in [7, 11) is 0. The third-order valence-electron chi connectivity index (χ3n) is 3.86. The molecular weight excluding hydrogens is 347 g/mol. The predicted octanol–water partition coefficient (Wildman–Crippen LogP) is 2.43. The van der Waals surface area contributed by atoms with Crippen LogP contribution in [0.1, 0.15) is 26.3 Å². The van der Waals surface area contributed by atoms with Crippen LogP contribution in [-0.2, 0) is 11.2 Å². The predicted molar refractivity (Wildman–Crippen MR) is 89.9 cm³/mol. The van der Waals surface area contributed by atoms with E-state index in [-0.39, 0.29) is 41.6 Å². The Kier molecular flexibility index (Phi) is 4.81. The number of halogens is 2. The van der Waals surface area contributed by atoms with Crippen LogP contribution in [0.2, 0.25) is 5.02 Å². The van der Waals surface area contributed by atoms with Gasteiger partial charge in [0.2, 0.25) is 5.91 Å². The summed E-state index contributed by atoms with van der Waals surface area (Å²) in [6.07, 6.45) is 0.0196. The minimum Gasteiger partial charge on any atom is -0.354 e. The first kappa shape index (κ1) is 17.1. The van der Waals surface area contributed by atoms with E-state index < -0.39 is 17.6 Å². The molecule has 0 bridgehead atoms. The average molecular weight is 361 g/mol. The van der Waals surface area contributed by atoms with Gasteiger partial charge in [-0.25, -0.2) is 4.39 Å². The Morgan fingerprint density at radius 1 is 1.12 bits per heavy atom. The lowest BCUT2D eigenvalue weighted by molar-refractivity contribution is -0.120. The molecule has 2 aromatic rings. The van der Waals surface area contributed by atoms with Gasteiger partial charge in [0.1, 0.15) is 5.82 Å². The maximum Gasteiger partial charge on any atom is 0.263 e. The summed E-state index contributed by atoms with van der Waals surface area (Å²) in [5, 5.41) is 2.85. The normalized spacial score (nSPS) is 13.1. The number of benzene rings is 2. The highest BCUT2D eigenvalue weighted by Gasteiger charge is 2.36. The number of hydrogen-bond acceptors (Lipinski definition) is 3. The van der Waals surface area contributed by atoms with Gasteiger partial charge in [0, 0.05) is 13.1 Å². The monoisotopic (exact) mass is 360 g/mol. The Labute approximate surface area is 148 Å². The minimum atomic E-state index is -0.468. The fourth-order valence-electron chi connectivity index (χ4n) is 2.70. The third-order valence-corrected chi connectivity index (χ3v) is 4.17. The van der Waals surface area contributed by atoms with Gasteiger partial charge in [-0.3, -0.25) is 19.3 Å². The number of carbonyl (C=O) groups excluding carboxylic acids is 3. The highest BCUT2D eigenvalue weighted by atomic mass is 35.5. The number of hydrogen-bond donors (Lipinski definition) is 1. The van der Waals surface area contributed by atoms with E-state index >= 15 is 0 Å². The molecule has 5 nitrogen and oxygen atoms in total. The van der Waals surface area contributed by atoms with E-state index in [9.17, 15) is 18.8 Å². The molecule has 25 heavy (non-hydrogen) atoms. The molecule has 3 rings (SSSR count). The molecular formula is C18H14ClFN2O3. The Balaban J connectivity index is 1.56. The maximum absolute atomic E-state index is 13.1. The number of amides is 3. The first-order valence-electron chi connectivity index (χ1n) is 7.63. The van der Waals surface area contributed by atoms with Crippen LogP contribution < -0.4 is 5.32 Å². The number of imide groups is 1. The second kappa shape index (κ2) is 7.03. The van der Waals surface area contributed by atoms with Crippen molar-refractivity contribution in [2.24, 2.45) is 0 Å². The van der Waals surface area contributed by atoms with E-state index in [0.29, 0.717) is 5.56 Å². The molecule has 0 unspecified atom stereocenters. The first-order chi connectivity index (χ1) is 12.0. The standard InChI is InChI=1S/C18H14ClFN2O3/c19-14-6-2-5-13-16(14)18(25)22(17(13)24)8-7-21-15(23)10-11-3-1-4-12(20)9-11/h1-6,9H,7-8,10H2,(H,21,23). The SMILES string of the molecule is O=C(Cc1cccc(F)c1)NCCN1C(=O)c2cccc(Cl)c2C1=O. The summed E-state index contributed by atoms with van der Waals surface area (Å²) in [6, 6.07) is 10.5. The molecule has 0 saturated carbocycles. The lowest BCUT2D eigenvalue weighted by atomic mass is 10.1. The molecule has 1 aliphatic heterocycles. The van der Waals surface area contributed by atoms with Gasteiger partial charge in [-0.05, 0) is 29.8 Å². The largest absolute Gasteiger partial charge is 0.354 e. The molecule has 0 atom stereocenters. The lowest BCUT2D eigenvalue weighted by Gasteiger charge is -2.14. The van der Waals surface area contributed by atoms with Crippen LogP contribution in [0.25, 0.3) is 0 Å². The maximum atomic E-state index is 13.1. The van der Waals surface area contributed by atoms with Gasteiger partial charge in [0.15, 0.2) is 0 Å². The second-order valence-corrected chi connectivity index (χ2v) is 5.99. The number of nitrogens with one attached hydrogen (secondary N) is 1. The lowest BCUT2D eigenvalue weighted by Crippen LogP contribution is -2.38. The third kappa shape index (κ3) is 3.53. The van der Waals surface area contributed by atoms with Gasteiger partial charge in [0.05, 0.1) is 22.6 Å². The molecule has 1 heterocycles. The Hall–Kier alpha value is -2.73. The second-order valence-electron chi connectivity index (χ2n) is 5.58. The Morgan fingerprint density at radius 3 is 2.60 bits per heavy atom. The van der Waals surface area contributed by atoms with Crippen molar-refractivity contribution in [3.8, 4) is 0 Å². The molecule has 1 aliphatic rings. The van der Waals surface area contributed by atoms with Crippen molar-refractivity contribution in [1.82, 2.24) is 10.2 Å². The fourth-order valence-corrected chi connectivity index (χ4v) is 2.95. The number of rotatable bonds is 5. The van der Waals surface area contributed by atoms with Crippen LogP contribution in [0.3, 0.4) is 0 Å². The zero-order chi connectivity index (χ0) is 18.0. The molecule has 128 valence electrons. The van der Waals surface area contributed by atoms with Crippen LogP contribution in [0.15, 0.2) is 42.5 Å². The van der Waals surface area contributed by atoms with Gasteiger partial charge in [-0.2, -0.15) is 0 Å². The molecule has 0 spiro atoms. The van der Waals surface area contributed by atoms with Crippen LogP contribution in [-0.4, -0.2) is 35.7 Å². The van der Waals surface area contributed by atoms with Gasteiger partial charge in [0.25, 0.3) is 11.8 Å². The van der Waals surface area contributed by atoms with Gasteiger partial charge < -0.3 is 5.32 Å². The zero-order valence-corrected chi connectivity index (χ0v) is 13.8. The van der Waals surface area contributed by atoms with Crippen LogP contribution in [0.5, 0.6) is 0 Å². The summed E-state index contributed by atoms with van der Waals surface area (Å²) in [5.74, 6) is -1.62. The Bertz CT molecular complexity index is 869. The average Bonchev–Trinajstić information content (AvgIpc) is 2.81. The first-order valence-corrected chi connectivity index (χ1v) is 8.01. The summed E-state index contributed by atoms with van der Waals surface area (Å²) >= 11 is 5.98. The van der Waals surface area contributed by atoms with E-state index in [1.54, 1.807) is 24.3 Å². The van der Waals surface area contributed by atoms with Gasteiger partial charge >= 0.3 is 0 Å². The van der Waals surface area contributed by atoms with E-state index in [2.05, 4.69) is 5.32 Å². The quantitative estimate of drug-likeness (QED) is 0.833. The molecule has 0 aliphatic carbocycles. The van der Waals surface area contributed by atoms with Crippen LogP contribution in [0.4, 0.5) is 4.39 Å². The minimum absolute atomic E-state index is 0.0196. The topological polar surface area (TPSA) is 66.5 Å². The van der Waals surface area contributed by atoms with Crippen molar-refractivity contribution < 1.29 is 18.8 Å². The highest BCUT2D eigenvalue weighted by Crippen LogP contribution is 2.28. The molecule has 1 N–H and O–H groups in total. The van der Waals surface area contributed by atoms with Crippen molar-refractivity contribution in [3.63, 3.8) is 0 Å². The number of nitrogens with zero attached hydrogens (tertiary/aromatic N) is 1. The highest BCUT2D eigenvalue weighted by molar-refractivity contribution is 6.37. The van der Waals surface area contributed by atoms with E-state index in [1.807, 2.05) is 0 Å². The zero-order valence-electron chi connectivity index (χ0n) is 13.1. The van der Waals surface area contributed by atoms with E-state index in [4.69, 9.17) is 11.6 Å². The van der Waals surface area contributed by atoms with Crippen molar-refractivity contribution in [3.05, 3.63) is 70.0 Å². The number of carbonyl (C=O) groups is 3. The van der Waals surface area contributed by atoms with Crippen molar-refractivity contribution in [1.29, 1.82) is 0 Å². The van der Waals surface area contributed by atoms with Crippen molar-refractivity contribution >= 4 is 29.3 Å². The summed E-state index contributed by atoms with van der Waals surface area (Å²) in [6.45, 7) is 0.148. The van der Waals surface area contributed by atoms with Crippen molar-refractivity contribution in [2.75, 3.05) is 13.1 Å². The summed E-state index contributed by atoms with van der Waals surface area (Å²) < 4.78 is 13.1. The molecule has 3 amide bonds. The van der Waals surface area contributed by atoms with Gasteiger partial charge in [-0.15, -0.1) is 0 Å². The molecule has 0 radical (unpaired) electrons. The number of fused-ring (bicyclic) bond motifs is 1. The molecule has 7 heteroatoms. The van der Waals surface area contributed by atoms with E-state index in [1.165, 1.54) is 18.2 Å². The molecule has 0 aromatic heterocycles.